The molecule has 2 N–H and O–H groups in total. The molecule has 0 aliphatic carbocycles. The number of para-hydroxylation sites is 1. The molecule has 10 nitrogen and oxygen atoms in total. The Morgan fingerprint density at radius 3 is 2.55 bits per heavy atom. The van der Waals surface area contributed by atoms with Crippen LogP contribution >= 0.6 is 0 Å². The van der Waals surface area contributed by atoms with Crippen molar-refractivity contribution in [3.63, 3.8) is 0 Å². The van der Waals surface area contributed by atoms with Gasteiger partial charge in [0, 0.05) is 33.1 Å². The van der Waals surface area contributed by atoms with E-state index in [2.05, 4.69) is 5.32 Å². The molecule has 1 atom stereocenters. The van der Waals surface area contributed by atoms with E-state index in [1.165, 1.54) is 9.13 Å². The molecule has 2 aromatic rings. The minimum Gasteiger partial charge on any atom is -0.465 e. The molecule has 4 heterocycles. The van der Waals surface area contributed by atoms with Gasteiger partial charge in [-0.25, -0.2) is 18.4 Å². The number of imide groups is 1. The van der Waals surface area contributed by atoms with Crippen LogP contribution in [0.5, 0.6) is 0 Å². The highest BCUT2D eigenvalue weighted by Crippen LogP contribution is 2.52. The average molecular weight is 463 g/mol. The van der Waals surface area contributed by atoms with Crippen molar-refractivity contribution < 1.29 is 28.3 Å². The number of hydrogen-bond donors (Lipinski definition) is 2. The number of hydrogen-bond acceptors (Lipinski definition) is 5. The second kappa shape index (κ2) is 7.03. The highest BCUT2D eigenvalue weighted by Gasteiger charge is 2.63. The van der Waals surface area contributed by atoms with Crippen LogP contribution in [0, 0.1) is 5.41 Å². The van der Waals surface area contributed by atoms with Crippen LogP contribution in [0.2, 0.25) is 0 Å². The van der Waals surface area contributed by atoms with E-state index in [0.717, 1.165) is 4.90 Å². The van der Waals surface area contributed by atoms with Gasteiger partial charge in [0.25, 0.3) is 5.92 Å². The molecule has 1 unspecified atom stereocenters. The van der Waals surface area contributed by atoms with E-state index in [-0.39, 0.29) is 44.8 Å². The molecule has 1 aromatic heterocycles. The molecule has 0 radical (unpaired) electrons. The summed E-state index contributed by atoms with van der Waals surface area (Å²) in [6.45, 7) is -0.715. The number of amides is 3. The van der Waals surface area contributed by atoms with E-state index in [9.17, 15) is 28.0 Å². The molecule has 1 aromatic carbocycles. The second-order valence-electron chi connectivity index (χ2n) is 9.12. The number of imidazole rings is 1. The number of carbonyl (C=O) groups excluding carboxylic acids is 2. The molecule has 12 heteroatoms. The van der Waals surface area contributed by atoms with Crippen LogP contribution in [-0.2, 0) is 16.6 Å². The maximum absolute atomic E-state index is 14.9. The molecule has 176 valence electrons. The number of piperidine rings is 2. The summed E-state index contributed by atoms with van der Waals surface area (Å²) in [5.74, 6) is -4.09. The van der Waals surface area contributed by atoms with Crippen molar-refractivity contribution in [3.8, 4) is 0 Å². The van der Waals surface area contributed by atoms with Gasteiger partial charge in [-0.2, -0.15) is 0 Å². The predicted octanol–water partition coefficient (Wildman–Crippen LogP) is 1.14. The topological polar surface area (TPSA) is 117 Å². The van der Waals surface area contributed by atoms with Gasteiger partial charge in [-0.1, -0.05) is 6.07 Å². The summed E-state index contributed by atoms with van der Waals surface area (Å²) in [6, 6.07) is 4.31. The molecule has 1 spiro atoms. The molecule has 3 fully saturated rings. The van der Waals surface area contributed by atoms with Crippen molar-refractivity contribution in [3.05, 3.63) is 28.7 Å². The summed E-state index contributed by atoms with van der Waals surface area (Å²) in [5.41, 5.74) is -0.148. The molecular formula is C21H23F2N5O5. The maximum atomic E-state index is 14.9. The fourth-order valence-electron chi connectivity index (χ4n) is 5.33. The number of carbonyl (C=O) groups is 3. The number of fused-ring (bicyclic) bond motifs is 1. The van der Waals surface area contributed by atoms with Gasteiger partial charge in [0.2, 0.25) is 11.8 Å². The highest BCUT2D eigenvalue weighted by molar-refractivity contribution is 6.00. The number of carboxylic acid groups (broad SMARTS) is 1. The van der Waals surface area contributed by atoms with Crippen LogP contribution in [0.1, 0.15) is 25.3 Å². The van der Waals surface area contributed by atoms with Gasteiger partial charge in [-0.05, 0) is 25.0 Å². The monoisotopic (exact) mass is 463 g/mol. The minimum atomic E-state index is -3.17. The molecule has 3 aliphatic heterocycles. The quantitative estimate of drug-likeness (QED) is 0.646. The van der Waals surface area contributed by atoms with E-state index >= 15 is 0 Å². The molecule has 5 rings (SSSR count). The Labute approximate surface area is 186 Å². The normalized spacial score (nSPS) is 24.2. The first kappa shape index (κ1) is 21.4. The van der Waals surface area contributed by atoms with Crippen LogP contribution in [0.3, 0.4) is 0 Å². The van der Waals surface area contributed by atoms with E-state index in [0.29, 0.717) is 16.7 Å². The van der Waals surface area contributed by atoms with Crippen LogP contribution in [0.15, 0.2) is 23.0 Å². The van der Waals surface area contributed by atoms with E-state index in [4.69, 9.17) is 5.11 Å². The van der Waals surface area contributed by atoms with Crippen molar-refractivity contribution in [2.75, 3.05) is 31.1 Å². The Morgan fingerprint density at radius 2 is 1.91 bits per heavy atom. The van der Waals surface area contributed by atoms with Gasteiger partial charge in [0.15, 0.2) is 0 Å². The van der Waals surface area contributed by atoms with Crippen LogP contribution in [-0.4, -0.2) is 69.1 Å². The third-order valence-corrected chi connectivity index (χ3v) is 7.23. The maximum Gasteiger partial charge on any atom is 0.407 e. The summed E-state index contributed by atoms with van der Waals surface area (Å²) in [6.07, 6.45) is -0.979. The Morgan fingerprint density at radius 1 is 1.18 bits per heavy atom. The third-order valence-electron chi connectivity index (χ3n) is 7.23. The zero-order chi connectivity index (χ0) is 23.7. The highest BCUT2D eigenvalue weighted by atomic mass is 19.3. The van der Waals surface area contributed by atoms with Gasteiger partial charge in [-0.3, -0.25) is 24.0 Å². The fourth-order valence-corrected chi connectivity index (χ4v) is 5.33. The van der Waals surface area contributed by atoms with E-state index in [1.54, 1.807) is 30.1 Å². The van der Waals surface area contributed by atoms with Crippen molar-refractivity contribution in [1.82, 2.24) is 19.4 Å². The average Bonchev–Trinajstić information content (AvgIpc) is 2.97. The molecule has 3 amide bonds. The van der Waals surface area contributed by atoms with Crippen molar-refractivity contribution in [2.24, 2.45) is 12.5 Å². The summed E-state index contributed by atoms with van der Waals surface area (Å²) in [4.78, 5) is 50.6. The zero-order valence-electron chi connectivity index (χ0n) is 17.9. The standard InChI is InChI=1S/C21H23F2N5O5/c1-25-16-12(27-9-20(10-27)7-8-26(19(32)33)11-21(20,22)23)3-2-4-13(16)28(18(25)31)14-5-6-15(29)24-17(14)30/h2-4,14H,5-11H2,1H3,(H,32,33)(H,24,29,30). The van der Waals surface area contributed by atoms with Gasteiger partial charge in [0.1, 0.15) is 6.04 Å². The van der Waals surface area contributed by atoms with Crippen molar-refractivity contribution >= 4 is 34.6 Å². The van der Waals surface area contributed by atoms with Crippen LogP contribution < -0.4 is 15.9 Å². The second-order valence-corrected chi connectivity index (χ2v) is 9.12. The number of halogens is 2. The minimum absolute atomic E-state index is 0.0321. The number of alkyl halides is 2. The van der Waals surface area contributed by atoms with E-state index < -0.39 is 41.6 Å². The van der Waals surface area contributed by atoms with Gasteiger partial charge in [0.05, 0.1) is 28.7 Å². The number of aryl methyl sites for hydroxylation is 1. The van der Waals surface area contributed by atoms with Gasteiger partial charge < -0.3 is 14.9 Å². The number of anilines is 1. The molecule has 3 aliphatic rings. The number of nitrogens with zero attached hydrogens (tertiary/aromatic N) is 4. The van der Waals surface area contributed by atoms with Crippen molar-refractivity contribution in [1.29, 1.82) is 0 Å². The number of nitrogens with one attached hydrogen (secondary N) is 1. The molecule has 0 bridgehead atoms. The number of likely N-dealkylation sites (tertiary alicyclic amines) is 1. The first-order chi connectivity index (χ1) is 15.5. The smallest absolute Gasteiger partial charge is 0.407 e. The summed E-state index contributed by atoms with van der Waals surface area (Å²) in [5, 5.41) is 11.3. The molecular weight excluding hydrogens is 440 g/mol. The first-order valence-electron chi connectivity index (χ1n) is 10.7. The molecule has 33 heavy (non-hydrogen) atoms. The Hall–Kier alpha value is -3.44. The first-order valence-corrected chi connectivity index (χ1v) is 10.7. The van der Waals surface area contributed by atoms with Gasteiger partial charge in [-0.15, -0.1) is 0 Å². The lowest BCUT2D eigenvalue weighted by atomic mass is 9.69. The molecule has 3 saturated heterocycles. The number of benzene rings is 1. The largest absolute Gasteiger partial charge is 0.465 e. The van der Waals surface area contributed by atoms with Crippen LogP contribution in [0.25, 0.3) is 11.0 Å². The Balaban J connectivity index is 1.48. The lowest BCUT2D eigenvalue weighted by Gasteiger charge is -2.57. The molecule has 0 saturated carbocycles. The number of aromatic nitrogens is 2. The fraction of sp³-hybridized carbons (Fsp3) is 0.524. The van der Waals surface area contributed by atoms with Crippen LogP contribution in [0.4, 0.5) is 19.3 Å². The van der Waals surface area contributed by atoms with Gasteiger partial charge >= 0.3 is 11.8 Å². The number of rotatable bonds is 2. The van der Waals surface area contributed by atoms with E-state index in [1.807, 2.05) is 0 Å². The Bertz CT molecular complexity index is 1250. The lowest BCUT2D eigenvalue weighted by Crippen LogP contribution is -2.70. The SMILES string of the molecule is Cn1c(=O)n(C2CCC(=O)NC2=O)c2cccc(N3CC4(CCN(C(=O)O)CC4(F)F)C3)c21. The third kappa shape index (κ3) is 3.03. The summed E-state index contributed by atoms with van der Waals surface area (Å²) < 4.78 is 32.6. The van der Waals surface area contributed by atoms with Crippen molar-refractivity contribution in [2.45, 2.75) is 31.2 Å². The zero-order valence-corrected chi connectivity index (χ0v) is 17.9. The summed E-state index contributed by atoms with van der Waals surface area (Å²) in [7, 11) is 1.56. The Kier molecular flexibility index (Phi) is 4.56. The summed E-state index contributed by atoms with van der Waals surface area (Å²) >= 11 is 0. The lowest BCUT2D eigenvalue weighted by molar-refractivity contribution is -0.173. The predicted molar refractivity (Wildman–Crippen MR) is 112 cm³/mol.